The number of carbonyl (C=O) groups is 1. The number of fused-ring (bicyclic) bond motifs is 1. The molecule has 2 N–H and O–H groups in total. The number of nitrogens with one attached hydrogen (secondary N) is 1. The maximum atomic E-state index is 10.7. The summed E-state index contributed by atoms with van der Waals surface area (Å²) in [5.74, 6) is 1.24. The van der Waals surface area contributed by atoms with Crippen LogP contribution in [0, 0.1) is 6.92 Å². The number of aliphatic carboxylic acids is 1. The number of hydrogen-bond donors (Lipinski definition) is 2. The van der Waals surface area contributed by atoms with Crippen LogP contribution < -0.4 is 10.1 Å². The Morgan fingerprint density at radius 2 is 2.19 bits per heavy atom. The highest BCUT2D eigenvalue weighted by molar-refractivity contribution is 7.17. The summed E-state index contributed by atoms with van der Waals surface area (Å²) < 4.78 is 5.18. The number of aromatic nitrogens is 2. The summed E-state index contributed by atoms with van der Waals surface area (Å²) in [6.07, 6.45) is 1.15. The van der Waals surface area contributed by atoms with E-state index >= 15 is 0 Å². The lowest BCUT2D eigenvalue weighted by atomic mass is 10.2. The zero-order chi connectivity index (χ0) is 19.4. The van der Waals surface area contributed by atoms with Gasteiger partial charge in [-0.15, -0.1) is 11.3 Å². The molecule has 0 atom stereocenters. The van der Waals surface area contributed by atoms with Crippen LogP contribution in [-0.4, -0.2) is 28.2 Å². The first-order chi connectivity index (χ1) is 13.0. The van der Waals surface area contributed by atoms with Crippen LogP contribution in [0.5, 0.6) is 5.75 Å². The lowest BCUT2D eigenvalue weighted by Crippen LogP contribution is -2.06. The topological polar surface area (TPSA) is 84.3 Å². The molecule has 0 spiro atoms. The maximum Gasteiger partial charge on any atom is 0.303 e. The fourth-order valence-corrected chi connectivity index (χ4v) is 3.99. The Balaban J connectivity index is 1.82. The molecule has 1 aromatic carbocycles. The van der Waals surface area contributed by atoms with Gasteiger partial charge >= 0.3 is 5.97 Å². The number of nitrogens with zero attached hydrogens (tertiary/aromatic N) is 2. The van der Waals surface area contributed by atoms with Crippen LogP contribution in [0.2, 0.25) is 5.02 Å². The third-order valence-corrected chi connectivity index (χ3v) is 5.42. The van der Waals surface area contributed by atoms with Crippen LogP contribution in [-0.2, 0) is 17.8 Å². The predicted octanol–water partition coefficient (Wildman–Crippen LogP) is 4.68. The zero-order valence-electron chi connectivity index (χ0n) is 15.1. The van der Waals surface area contributed by atoms with E-state index in [0.717, 1.165) is 27.2 Å². The molecule has 0 radical (unpaired) electrons. The van der Waals surface area contributed by atoms with Crippen molar-refractivity contribution < 1.29 is 14.6 Å². The molecule has 0 unspecified atom stereocenters. The molecule has 0 aliphatic carbocycles. The fourth-order valence-electron chi connectivity index (χ4n) is 2.77. The summed E-state index contributed by atoms with van der Waals surface area (Å²) in [5.41, 5.74) is 2.12. The van der Waals surface area contributed by atoms with E-state index in [1.54, 1.807) is 18.4 Å². The van der Waals surface area contributed by atoms with Gasteiger partial charge in [0.25, 0.3) is 0 Å². The first-order valence-corrected chi connectivity index (χ1v) is 9.76. The highest BCUT2D eigenvalue weighted by Crippen LogP contribution is 2.30. The number of carboxylic acid groups (broad SMARTS) is 1. The molecular weight excluding hydrogens is 386 g/mol. The molecule has 0 aliphatic heterocycles. The van der Waals surface area contributed by atoms with Crippen LogP contribution in [0.3, 0.4) is 0 Å². The van der Waals surface area contributed by atoms with Crippen LogP contribution >= 0.6 is 22.9 Å². The van der Waals surface area contributed by atoms with Gasteiger partial charge in [0.15, 0.2) is 0 Å². The standard InChI is InChI=1S/C19H20ClN3O3S/c1-11-10-27-19-17(11)18(22-15(23-19)4-3-5-16(24)25)21-9-12-6-7-14(26-2)13(20)8-12/h6-8,10H,3-5,9H2,1-2H3,(H,24,25)(H,21,22,23). The molecule has 3 aromatic rings. The summed E-state index contributed by atoms with van der Waals surface area (Å²) in [6, 6.07) is 5.65. The minimum absolute atomic E-state index is 0.109. The first-order valence-electron chi connectivity index (χ1n) is 8.50. The van der Waals surface area contributed by atoms with E-state index in [1.165, 1.54) is 0 Å². The van der Waals surface area contributed by atoms with E-state index in [-0.39, 0.29) is 6.42 Å². The van der Waals surface area contributed by atoms with Crippen molar-refractivity contribution >= 4 is 44.9 Å². The van der Waals surface area contributed by atoms with Gasteiger partial charge in [0.05, 0.1) is 17.5 Å². The Kier molecular flexibility index (Phi) is 6.13. The Morgan fingerprint density at radius 1 is 1.37 bits per heavy atom. The molecule has 142 valence electrons. The molecule has 27 heavy (non-hydrogen) atoms. The molecule has 0 saturated carbocycles. The number of methoxy groups -OCH3 is 1. The molecule has 0 aliphatic rings. The molecule has 8 heteroatoms. The van der Waals surface area contributed by atoms with Gasteiger partial charge in [-0.3, -0.25) is 4.79 Å². The monoisotopic (exact) mass is 405 g/mol. The third-order valence-electron chi connectivity index (χ3n) is 4.13. The van der Waals surface area contributed by atoms with Crippen molar-refractivity contribution in [1.29, 1.82) is 0 Å². The average molecular weight is 406 g/mol. The highest BCUT2D eigenvalue weighted by Gasteiger charge is 2.13. The zero-order valence-corrected chi connectivity index (χ0v) is 16.7. The average Bonchev–Trinajstić information content (AvgIpc) is 3.00. The number of hydrogen-bond acceptors (Lipinski definition) is 6. The number of ether oxygens (including phenoxy) is 1. The SMILES string of the molecule is COc1ccc(CNc2nc(CCCC(=O)O)nc3scc(C)c23)cc1Cl. The summed E-state index contributed by atoms with van der Waals surface area (Å²) in [4.78, 5) is 20.9. The molecule has 3 rings (SSSR count). The number of carboxylic acids is 1. The van der Waals surface area contributed by atoms with Gasteiger partial charge in [0.1, 0.15) is 22.2 Å². The molecular formula is C19H20ClN3O3S. The number of thiophene rings is 1. The molecule has 0 bridgehead atoms. The van der Waals surface area contributed by atoms with Crippen molar-refractivity contribution in [2.45, 2.75) is 32.7 Å². The Labute approximate surface area is 166 Å². The van der Waals surface area contributed by atoms with Crippen LogP contribution in [0.15, 0.2) is 23.6 Å². The van der Waals surface area contributed by atoms with E-state index in [1.807, 2.05) is 25.1 Å². The van der Waals surface area contributed by atoms with E-state index in [0.29, 0.717) is 36.0 Å². The lowest BCUT2D eigenvalue weighted by molar-refractivity contribution is -0.137. The molecule has 6 nitrogen and oxygen atoms in total. The minimum Gasteiger partial charge on any atom is -0.495 e. The van der Waals surface area contributed by atoms with Crippen LogP contribution in [0.25, 0.3) is 10.2 Å². The van der Waals surface area contributed by atoms with Gasteiger partial charge in [-0.25, -0.2) is 9.97 Å². The van der Waals surface area contributed by atoms with E-state index in [4.69, 9.17) is 21.4 Å². The van der Waals surface area contributed by atoms with Gasteiger partial charge < -0.3 is 15.2 Å². The van der Waals surface area contributed by atoms with Crippen LogP contribution in [0.4, 0.5) is 5.82 Å². The van der Waals surface area contributed by atoms with E-state index in [9.17, 15) is 4.79 Å². The van der Waals surface area contributed by atoms with Crippen LogP contribution in [0.1, 0.15) is 29.8 Å². The quantitative estimate of drug-likeness (QED) is 0.566. The fraction of sp³-hybridized carbons (Fsp3) is 0.316. The number of aryl methyl sites for hydroxylation is 2. The van der Waals surface area contributed by atoms with Gasteiger partial charge in [0.2, 0.25) is 0 Å². The van der Waals surface area contributed by atoms with Crippen molar-refractivity contribution in [2.24, 2.45) is 0 Å². The first kappa shape index (κ1) is 19.4. The van der Waals surface area contributed by atoms with Gasteiger partial charge in [-0.1, -0.05) is 17.7 Å². The predicted molar refractivity (Wildman–Crippen MR) is 108 cm³/mol. The minimum atomic E-state index is -0.808. The Bertz CT molecular complexity index is 974. The van der Waals surface area contributed by atoms with Gasteiger partial charge in [-0.05, 0) is 42.0 Å². The highest BCUT2D eigenvalue weighted by atomic mass is 35.5. The Hall–Kier alpha value is -2.38. The molecule has 2 aromatic heterocycles. The number of anilines is 1. The summed E-state index contributed by atoms with van der Waals surface area (Å²) in [5, 5.41) is 15.8. The molecule has 0 fully saturated rings. The summed E-state index contributed by atoms with van der Waals surface area (Å²) in [6.45, 7) is 2.58. The molecule has 2 heterocycles. The van der Waals surface area contributed by atoms with E-state index in [2.05, 4.69) is 20.7 Å². The largest absolute Gasteiger partial charge is 0.495 e. The normalized spacial score (nSPS) is 10.9. The van der Waals surface area contributed by atoms with Gasteiger partial charge in [0, 0.05) is 19.4 Å². The second-order valence-electron chi connectivity index (χ2n) is 6.16. The van der Waals surface area contributed by atoms with E-state index < -0.39 is 5.97 Å². The molecule has 0 amide bonds. The number of halogens is 1. The third kappa shape index (κ3) is 4.67. The summed E-state index contributed by atoms with van der Waals surface area (Å²) >= 11 is 7.76. The van der Waals surface area contributed by atoms with Crippen molar-refractivity contribution in [2.75, 3.05) is 12.4 Å². The van der Waals surface area contributed by atoms with Gasteiger partial charge in [-0.2, -0.15) is 0 Å². The number of rotatable bonds is 8. The summed E-state index contributed by atoms with van der Waals surface area (Å²) in [7, 11) is 1.59. The van der Waals surface area contributed by atoms with Crippen molar-refractivity contribution in [3.05, 3.63) is 45.6 Å². The van der Waals surface area contributed by atoms with Crippen molar-refractivity contribution in [3.63, 3.8) is 0 Å². The lowest BCUT2D eigenvalue weighted by Gasteiger charge is -2.11. The smallest absolute Gasteiger partial charge is 0.303 e. The second kappa shape index (κ2) is 8.54. The maximum absolute atomic E-state index is 10.7. The molecule has 0 saturated heterocycles. The Morgan fingerprint density at radius 3 is 2.89 bits per heavy atom. The second-order valence-corrected chi connectivity index (χ2v) is 7.42. The number of benzene rings is 1. The van der Waals surface area contributed by atoms with Crippen molar-refractivity contribution in [3.8, 4) is 5.75 Å². The van der Waals surface area contributed by atoms with Crippen molar-refractivity contribution in [1.82, 2.24) is 9.97 Å².